The van der Waals surface area contributed by atoms with Gasteiger partial charge < -0.3 is 9.30 Å². The predicted molar refractivity (Wildman–Crippen MR) is 187 cm³/mol. The van der Waals surface area contributed by atoms with Gasteiger partial charge >= 0.3 is 21.1 Å². The Morgan fingerprint density at radius 3 is 2.19 bits per heavy atom. The van der Waals surface area contributed by atoms with Crippen LogP contribution in [0, 0.1) is 24.9 Å². The maximum Gasteiger partial charge on any atom is 2.00 e. The Kier molecular flexibility index (Phi) is 8.68. The Labute approximate surface area is 295 Å². The van der Waals surface area contributed by atoms with E-state index >= 15 is 0 Å². The Morgan fingerprint density at radius 2 is 1.48 bits per heavy atom. The topological polar surface area (TPSA) is 44.9 Å². The minimum atomic E-state index is -0.354. The second kappa shape index (κ2) is 12.5. The molecule has 0 fully saturated rings. The smallest absolute Gasteiger partial charge is 0.509 e. The molecule has 0 amide bonds. The SMILES string of the molecule is Cc1cc(C(C)(C)C)c(-c2cnn(-c3[c-]c(Oc4[c-]c5c(cc4)c4ccccc4n5-c4cc(F)ccn4)ccc3)c2)c(C(C)(C)C)c1.[Pt+2]. The van der Waals surface area contributed by atoms with Crippen molar-refractivity contribution in [2.75, 3.05) is 0 Å². The van der Waals surface area contributed by atoms with Crippen molar-refractivity contribution in [3.63, 3.8) is 0 Å². The van der Waals surface area contributed by atoms with Crippen LogP contribution in [0.2, 0.25) is 0 Å². The number of hydrogen-bond donors (Lipinski definition) is 0. The number of nitrogens with zero attached hydrogens (tertiary/aromatic N) is 4. The third-order valence-electron chi connectivity index (χ3n) is 8.48. The maximum atomic E-state index is 14.3. The molecule has 7 heteroatoms. The normalized spacial score (nSPS) is 12.0. The molecule has 0 aliphatic heterocycles. The van der Waals surface area contributed by atoms with Gasteiger partial charge in [0.25, 0.3) is 0 Å². The van der Waals surface area contributed by atoms with Crippen LogP contribution in [0.5, 0.6) is 11.5 Å². The van der Waals surface area contributed by atoms with Crippen LogP contribution in [-0.2, 0) is 31.9 Å². The number of rotatable bonds is 5. The van der Waals surface area contributed by atoms with Crippen molar-refractivity contribution in [2.45, 2.75) is 59.3 Å². The van der Waals surface area contributed by atoms with Gasteiger partial charge in [0.2, 0.25) is 0 Å². The predicted octanol–water partition coefficient (Wildman–Crippen LogP) is 10.5. The molecule has 0 bridgehead atoms. The Balaban J connectivity index is 0.00000401. The molecule has 4 aromatic carbocycles. The molecule has 7 rings (SSSR count). The number of halogens is 1. The molecule has 244 valence electrons. The van der Waals surface area contributed by atoms with Crippen LogP contribution in [0.25, 0.3) is 44.4 Å². The van der Waals surface area contributed by atoms with Gasteiger partial charge in [-0.15, -0.1) is 35.7 Å². The molecule has 0 saturated heterocycles. The monoisotopic (exact) mass is 815 g/mol. The second-order valence-electron chi connectivity index (χ2n) is 14.2. The summed E-state index contributed by atoms with van der Waals surface area (Å²) in [5, 5.41) is 6.78. The number of ether oxygens (including phenoxy) is 1. The number of aromatic nitrogens is 4. The first-order valence-electron chi connectivity index (χ1n) is 15.9. The average molecular weight is 816 g/mol. The maximum absolute atomic E-state index is 14.3. The second-order valence-corrected chi connectivity index (χ2v) is 14.2. The molecule has 3 aromatic heterocycles. The van der Waals surface area contributed by atoms with Gasteiger partial charge in [0.15, 0.2) is 0 Å². The van der Waals surface area contributed by atoms with Crippen LogP contribution in [0.3, 0.4) is 0 Å². The number of aryl methyl sites for hydroxylation is 1. The van der Waals surface area contributed by atoms with Gasteiger partial charge in [0.1, 0.15) is 11.6 Å². The molecule has 0 radical (unpaired) electrons. The Hall–Kier alpha value is -4.54. The molecule has 0 aliphatic carbocycles. The van der Waals surface area contributed by atoms with E-state index in [9.17, 15) is 4.39 Å². The van der Waals surface area contributed by atoms with Gasteiger partial charge in [-0.3, -0.25) is 4.68 Å². The summed E-state index contributed by atoms with van der Waals surface area (Å²) in [7, 11) is 0. The third-order valence-corrected chi connectivity index (χ3v) is 8.48. The van der Waals surface area contributed by atoms with E-state index in [2.05, 4.69) is 83.9 Å². The zero-order valence-corrected chi connectivity index (χ0v) is 30.4. The molecule has 0 spiro atoms. The fourth-order valence-electron chi connectivity index (χ4n) is 6.30. The Morgan fingerprint density at radius 1 is 0.771 bits per heavy atom. The largest absolute Gasteiger partial charge is 2.00 e. The van der Waals surface area contributed by atoms with Crippen LogP contribution in [0.4, 0.5) is 4.39 Å². The van der Waals surface area contributed by atoms with Crippen LogP contribution in [0.15, 0.2) is 97.5 Å². The van der Waals surface area contributed by atoms with Gasteiger partial charge in [0, 0.05) is 41.0 Å². The molecule has 0 N–H and O–H groups in total. The molecule has 48 heavy (non-hydrogen) atoms. The Bertz CT molecular complexity index is 2250. The summed E-state index contributed by atoms with van der Waals surface area (Å²) in [6, 6.07) is 31.8. The first kappa shape index (κ1) is 33.4. The molecular formula is C41H37FN4OPt. The molecule has 0 saturated carbocycles. The van der Waals surface area contributed by atoms with Gasteiger partial charge in [-0.05, 0) is 57.7 Å². The first-order chi connectivity index (χ1) is 22.4. The minimum absolute atomic E-state index is 0. The average Bonchev–Trinajstić information content (AvgIpc) is 3.63. The first-order valence-corrected chi connectivity index (χ1v) is 15.9. The van der Waals surface area contributed by atoms with Crippen molar-refractivity contribution < 1.29 is 30.2 Å². The number of para-hydroxylation sites is 1. The van der Waals surface area contributed by atoms with Crippen molar-refractivity contribution in [2.24, 2.45) is 0 Å². The molecular weight excluding hydrogens is 779 g/mol. The fraction of sp³-hybridized carbons (Fsp3) is 0.220. The van der Waals surface area contributed by atoms with E-state index in [4.69, 9.17) is 9.84 Å². The standard InChI is InChI=1S/C41H37FN4O.Pt/c1-26-19-34(40(2,3)4)39(35(20-26)41(5,6)7)27-24-44-45(25-27)29-11-10-12-30(22-29)47-31-15-16-33-32-13-8-9-14-36(32)46(37(33)23-31)38-21-28(42)17-18-43-38;/h8-21,24-25H,1-7H3;/q-2;+2. The van der Waals surface area contributed by atoms with Crippen molar-refractivity contribution in [3.05, 3.63) is 132 Å². The molecule has 0 aliphatic rings. The van der Waals surface area contributed by atoms with Gasteiger partial charge in [-0.2, -0.15) is 17.2 Å². The van der Waals surface area contributed by atoms with Crippen LogP contribution < -0.4 is 4.74 Å². The van der Waals surface area contributed by atoms with E-state index < -0.39 is 0 Å². The zero-order chi connectivity index (χ0) is 33.1. The number of fused-ring (bicyclic) bond motifs is 3. The molecule has 5 nitrogen and oxygen atoms in total. The minimum Gasteiger partial charge on any atom is -0.509 e. The number of hydrogen-bond acceptors (Lipinski definition) is 3. The van der Waals surface area contributed by atoms with Crippen molar-refractivity contribution in [3.8, 4) is 34.1 Å². The summed E-state index contributed by atoms with van der Waals surface area (Å²) in [5.74, 6) is 1.17. The van der Waals surface area contributed by atoms with E-state index in [1.54, 1.807) is 0 Å². The number of pyridine rings is 1. The number of benzene rings is 4. The fourth-order valence-corrected chi connectivity index (χ4v) is 6.30. The van der Waals surface area contributed by atoms with E-state index in [0.717, 1.165) is 33.1 Å². The summed E-state index contributed by atoms with van der Waals surface area (Å²) in [6.07, 6.45) is 5.49. The summed E-state index contributed by atoms with van der Waals surface area (Å²) < 4.78 is 24.4. The van der Waals surface area contributed by atoms with Gasteiger partial charge in [-0.25, -0.2) is 9.37 Å². The van der Waals surface area contributed by atoms with Crippen molar-refractivity contribution >= 4 is 21.8 Å². The summed E-state index contributed by atoms with van der Waals surface area (Å²) in [5.41, 5.74) is 8.50. The summed E-state index contributed by atoms with van der Waals surface area (Å²) in [4.78, 5) is 4.45. The molecule has 0 unspecified atom stereocenters. The molecule has 0 atom stereocenters. The van der Waals surface area contributed by atoms with Crippen molar-refractivity contribution in [1.29, 1.82) is 0 Å². The van der Waals surface area contributed by atoms with Crippen LogP contribution in [-0.4, -0.2) is 19.3 Å². The van der Waals surface area contributed by atoms with E-state index in [0.29, 0.717) is 17.3 Å². The molecule has 3 heterocycles. The van der Waals surface area contributed by atoms with E-state index in [1.807, 2.05) is 70.0 Å². The summed E-state index contributed by atoms with van der Waals surface area (Å²) >= 11 is 0. The van der Waals surface area contributed by atoms with Gasteiger partial charge in [-0.1, -0.05) is 83.0 Å². The molecule has 7 aromatic rings. The van der Waals surface area contributed by atoms with Crippen LogP contribution >= 0.6 is 0 Å². The van der Waals surface area contributed by atoms with Crippen LogP contribution in [0.1, 0.15) is 58.2 Å². The van der Waals surface area contributed by atoms with Gasteiger partial charge in [0.05, 0.1) is 6.20 Å². The summed E-state index contributed by atoms with van der Waals surface area (Å²) in [6.45, 7) is 15.8. The third kappa shape index (κ3) is 6.22. The van der Waals surface area contributed by atoms with E-state index in [1.165, 1.54) is 40.6 Å². The van der Waals surface area contributed by atoms with Crippen molar-refractivity contribution in [1.82, 2.24) is 19.3 Å². The van der Waals surface area contributed by atoms with E-state index in [-0.39, 0.29) is 37.7 Å². The quantitative estimate of drug-likeness (QED) is 0.163. The zero-order valence-electron chi connectivity index (χ0n) is 28.1.